The van der Waals surface area contributed by atoms with Crippen LogP contribution in [-0.4, -0.2) is 0 Å². The van der Waals surface area contributed by atoms with Gasteiger partial charge in [-0.2, -0.15) is 0 Å². The third-order valence-corrected chi connectivity index (χ3v) is 4.11. The monoisotopic (exact) mass is 318 g/mol. The average molecular weight is 319 g/mol. The highest BCUT2D eigenvalue weighted by atomic mass is 79.9. The molecule has 1 aliphatic carbocycles. The van der Waals surface area contributed by atoms with Crippen molar-refractivity contribution >= 4 is 15.9 Å². The van der Waals surface area contributed by atoms with Crippen molar-refractivity contribution in [2.24, 2.45) is 11.8 Å². The standard InChI is InChI=1S/C13H17BrF2N2/c14-9-6-10(15)12(11(16)7-9)13(18-17)8-4-2-1-3-5-8/h6-8,13,18H,1-5,17H2. The Balaban J connectivity index is 2.32. The van der Waals surface area contributed by atoms with Gasteiger partial charge in [0.05, 0.1) is 6.04 Å². The van der Waals surface area contributed by atoms with Crippen LogP contribution in [0.3, 0.4) is 0 Å². The Labute approximate surface area is 114 Å². The van der Waals surface area contributed by atoms with E-state index in [1.807, 2.05) is 0 Å². The highest BCUT2D eigenvalue weighted by Gasteiger charge is 2.28. The second-order valence-electron chi connectivity index (χ2n) is 4.83. The quantitative estimate of drug-likeness (QED) is 0.657. The van der Waals surface area contributed by atoms with Crippen molar-refractivity contribution in [2.75, 3.05) is 0 Å². The fraction of sp³-hybridized carbons (Fsp3) is 0.538. The molecular weight excluding hydrogens is 302 g/mol. The molecule has 0 heterocycles. The van der Waals surface area contributed by atoms with Crippen LogP contribution in [0.4, 0.5) is 8.78 Å². The third-order valence-electron chi connectivity index (χ3n) is 3.66. The molecule has 0 saturated heterocycles. The second kappa shape index (κ2) is 6.08. The van der Waals surface area contributed by atoms with Crippen molar-refractivity contribution in [3.05, 3.63) is 33.8 Å². The highest BCUT2D eigenvalue weighted by molar-refractivity contribution is 9.10. The maximum absolute atomic E-state index is 13.9. The smallest absolute Gasteiger partial charge is 0.132 e. The first kappa shape index (κ1) is 13.9. The van der Waals surface area contributed by atoms with Crippen LogP contribution in [0, 0.1) is 17.6 Å². The fourth-order valence-electron chi connectivity index (χ4n) is 2.77. The normalized spacial score (nSPS) is 18.9. The Hall–Kier alpha value is -0.520. The van der Waals surface area contributed by atoms with E-state index < -0.39 is 17.7 Å². The maximum Gasteiger partial charge on any atom is 0.132 e. The molecule has 1 aromatic rings. The second-order valence-corrected chi connectivity index (χ2v) is 5.74. The fourth-order valence-corrected chi connectivity index (χ4v) is 3.18. The van der Waals surface area contributed by atoms with E-state index in [1.165, 1.54) is 18.6 Å². The van der Waals surface area contributed by atoms with Gasteiger partial charge in [-0.25, -0.2) is 8.78 Å². The van der Waals surface area contributed by atoms with Crippen LogP contribution in [0.2, 0.25) is 0 Å². The number of nitrogens with one attached hydrogen (secondary N) is 1. The Morgan fingerprint density at radius 1 is 1.17 bits per heavy atom. The number of halogens is 3. The zero-order valence-corrected chi connectivity index (χ0v) is 11.6. The number of rotatable bonds is 3. The van der Waals surface area contributed by atoms with Crippen LogP contribution >= 0.6 is 15.9 Å². The maximum atomic E-state index is 13.9. The molecular formula is C13H17BrF2N2. The van der Waals surface area contributed by atoms with Gasteiger partial charge in [0.2, 0.25) is 0 Å². The predicted molar refractivity (Wildman–Crippen MR) is 70.7 cm³/mol. The van der Waals surface area contributed by atoms with E-state index in [1.54, 1.807) is 0 Å². The summed E-state index contributed by atoms with van der Waals surface area (Å²) < 4.78 is 28.3. The van der Waals surface area contributed by atoms with Gasteiger partial charge in [-0.3, -0.25) is 11.3 Å². The molecule has 1 aliphatic rings. The molecule has 1 saturated carbocycles. The lowest BCUT2D eigenvalue weighted by Gasteiger charge is -2.30. The first-order valence-corrected chi connectivity index (χ1v) is 7.03. The Morgan fingerprint density at radius 3 is 2.22 bits per heavy atom. The largest absolute Gasteiger partial charge is 0.271 e. The van der Waals surface area contributed by atoms with Gasteiger partial charge in [0.25, 0.3) is 0 Å². The molecule has 0 amide bonds. The molecule has 0 aromatic heterocycles. The summed E-state index contributed by atoms with van der Waals surface area (Å²) in [5, 5.41) is 0. The Kier molecular flexibility index (Phi) is 4.70. The summed E-state index contributed by atoms with van der Waals surface area (Å²) in [5.74, 6) is 4.63. The summed E-state index contributed by atoms with van der Waals surface area (Å²) in [6.07, 6.45) is 5.32. The molecule has 2 nitrogen and oxygen atoms in total. The Bertz CT molecular complexity index is 396. The van der Waals surface area contributed by atoms with Crippen molar-refractivity contribution in [3.63, 3.8) is 0 Å². The summed E-state index contributed by atoms with van der Waals surface area (Å²) in [4.78, 5) is 0. The minimum absolute atomic E-state index is 0.0626. The molecule has 1 fully saturated rings. The van der Waals surface area contributed by atoms with Crippen molar-refractivity contribution in [1.82, 2.24) is 5.43 Å². The molecule has 1 unspecified atom stereocenters. The zero-order chi connectivity index (χ0) is 13.1. The van der Waals surface area contributed by atoms with Crippen LogP contribution in [0.1, 0.15) is 43.7 Å². The average Bonchev–Trinajstić information content (AvgIpc) is 2.34. The molecule has 100 valence electrons. The van der Waals surface area contributed by atoms with Crippen LogP contribution in [0.5, 0.6) is 0 Å². The summed E-state index contributed by atoms with van der Waals surface area (Å²) in [7, 11) is 0. The molecule has 0 aliphatic heterocycles. The number of hydrogen-bond donors (Lipinski definition) is 2. The van der Waals surface area contributed by atoms with E-state index in [4.69, 9.17) is 5.84 Å². The van der Waals surface area contributed by atoms with Crippen molar-refractivity contribution in [1.29, 1.82) is 0 Å². The zero-order valence-electron chi connectivity index (χ0n) is 10.1. The van der Waals surface area contributed by atoms with Crippen molar-refractivity contribution in [2.45, 2.75) is 38.1 Å². The minimum Gasteiger partial charge on any atom is -0.271 e. The van der Waals surface area contributed by atoms with Gasteiger partial charge in [-0.05, 0) is 30.9 Å². The van der Waals surface area contributed by atoms with Crippen LogP contribution in [0.25, 0.3) is 0 Å². The van der Waals surface area contributed by atoms with E-state index >= 15 is 0 Å². The first-order chi connectivity index (χ1) is 8.63. The number of hydrogen-bond acceptors (Lipinski definition) is 2. The van der Waals surface area contributed by atoms with Gasteiger partial charge >= 0.3 is 0 Å². The lowest BCUT2D eigenvalue weighted by molar-refractivity contribution is 0.263. The van der Waals surface area contributed by atoms with E-state index in [9.17, 15) is 8.78 Å². The van der Waals surface area contributed by atoms with E-state index in [0.717, 1.165) is 25.7 Å². The van der Waals surface area contributed by atoms with E-state index in [-0.39, 0.29) is 11.5 Å². The van der Waals surface area contributed by atoms with Gasteiger partial charge in [0.15, 0.2) is 0 Å². The molecule has 1 atom stereocenters. The van der Waals surface area contributed by atoms with Gasteiger partial charge < -0.3 is 0 Å². The Morgan fingerprint density at radius 2 is 1.72 bits per heavy atom. The number of nitrogens with two attached hydrogens (primary N) is 1. The first-order valence-electron chi connectivity index (χ1n) is 6.24. The van der Waals surface area contributed by atoms with Crippen LogP contribution < -0.4 is 11.3 Å². The number of hydrazine groups is 1. The summed E-state index contributed by atoms with van der Waals surface area (Å²) in [6, 6.07) is 2.12. The molecule has 0 spiro atoms. The highest BCUT2D eigenvalue weighted by Crippen LogP contribution is 2.36. The van der Waals surface area contributed by atoms with Gasteiger partial charge in [0, 0.05) is 10.0 Å². The van der Waals surface area contributed by atoms with Crippen molar-refractivity contribution < 1.29 is 8.78 Å². The van der Waals surface area contributed by atoms with Gasteiger partial charge in [-0.15, -0.1) is 0 Å². The SMILES string of the molecule is NNC(c1c(F)cc(Br)cc1F)C1CCCCC1. The van der Waals surface area contributed by atoms with Crippen molar-refractivity contribution in [3.8, 4) is 0 Å². The molecule has 3 N–H and O–H groups in total. The molecule has 0 bridgehead atoms. The summed E-state index contributed by atoms with van der Waals surface area (Å²) in [5.41, 5.74) is 2.66. The molecule has 1 aromatic carbocycles. The molecule has 0 radical (unpaired) electrons. The minimum atomic E-state index is -0.546. The molecule has 5 heteroatoms. The van der Waals surface area contributed by atoms with Crippen LogP contribution in [0.15, 0.2) is 16.6 Å². The number of benzene rings is 1. The van der Waals surface area contributed by atoms with Gasteiger partial charge in [-0.1, -0.05) is 35.2 Å². The molecule has 18 heavy (non-hydrogen) atoms. The summed E-state index contributed by atoms with van der Waals surface area (Å²) in [6.45, 7) is 0. The predicted octanol–water partition coefficient (Wildman–Crippen LogP) is 3.81. The lowest BCUT2D eigenvalue weighted by Crippen LogP contribution is -2.35. The van der Waals surface area contributed by atoms with Gasteiger partial charge in [0.1, 0.15) is 11.6 Å². The summed E-state index contributed by atoms with van der Waals surface area (Å²) >= 11 is 3.08. The molecule has 2 rings (SSSR count). The van der Waals surface area contributed by atoms with E-state index in [2.05, 4.69) is 21.4 Å². The third kappa shape index (κ3) is 2.90. The lowest BCUT2D eigenvalue weighted by atomic mass is 9.81. The van der Waals surface area contributed by atoms with E-state index in [0.29, 0.717) is 4.47 Å². The van der Waals surface area contributed by atoms with Crippen LogP contribution in [-0.2, 0) is 0 Å². The topological polar surface area (TPSA) is 38.0 Å².